The van der Waals surface area contributed by atoms with Gasteiger partial charge in [0.2, 0.25) is 0 Å². The molecule has 1 N–H and O–H groups in total. The molecular formula is C21H25Br2NO. The molecule has 134 valence electrons. The predicted molar refractivity (Wildman–Crippen MR) is 111 cm³/mol. The topological polar surface area (TPSA) is 21.3 Å². The molecule has 0 aromatic heterocycles. The van der Waals surface area contributed by atoms with Gasteiger partial charge in [0.15, 0.2) is 0 Å². The maximum atomic E-state index is 6.01. The summed E-state index contributed by atoms with van der Waals surface area (Å²) in [7, 11) is 0. The second-order valence-electron chi connectivity index (χ2n) is 6.73. The van der Waals surface area contributed by atoms with Crippen LogP contribution >= 0.6 is 31.9 Å². The predicted octanol–water partition coefficient (Wildman–Crippen LogP) is 6.60. The third-order valence-corrected chi connectivity index (χ3v) is 5.91. The maximum Gasteiger partial charge on any atom is 0.148 e. The highest BCUT2D eigenvalue weighted by Gasteiger charge is 2.13. The van der Waals surface area contributed by atoms with Crippen LogP contribution in [0.25, 0.3) is 0 Å². The minimum Gasteiger partial charge on any atom is -0.487 e. The number of halogens is 2. The minimum absolute atomic E-state index is 0.567. The zero-order chi connectivity index (χ0) is 17.5. The Hall–Kier alpha value is -0.840. The van der Waals surface area contributed by atoms with Crippen molar-refractivity contribution in [2.45, 2.75) is 57.7 Å². The lowest BCUT2D eigenvalue weighted by molar-refractivity contribution is 0.302. The highest BCUT2D eigenvalue weighted by atomic mass is 79.9. The van der Waals surface area contributed by atoms with Crippen molar-refractivity contribution in [3.05, 3.63) is 62.5 Å². The summed E-state index contributed by atoms with van der Waals surface area (Å²) in [6.45, 7) is 1.47. The molecule has 4 heteroatoms. The van der Waals surface area contributed by atoms with Crippen molar-refractivity contribution in [2.24, 2.45) is 0 Å². The van der Waals surface area contributed by atoms with Gasteiger partial charge in [-0.2, -0.15) is 0 Å². The molecule has 0 spiro atoms. The van der Waals surface area contributed by atoms with E-state index in [-0.39, 0.29) is 0 Å². The van der Waals surface area contributed by atoms with Crippen LogP contribution in [-0.2, 0) is 13.2 Å². The summed E-state index contributed by atoms with van der Waals surface area (Å²) < 4.78 is 8.00. The first kappa shape index (κ1) is 18.9. The zero-order valence-corrected chi connectivity index (χ0v) is 17.6. The Kier molecular flexibility index (Phi) is 7.38. The van der Waals surface area contributed by atoms with E-state index in [9.17, 15) is 0 Å². The van der Waals surface area contributed by atoms with Gasteiger partial charge in [-0.15, -0.1) is 0 Å². The van der Waals surface area contributed by atoms with Crippen LogP contribution in [0.2, 0.25) is 0 Å². The number of ether oxygens (including phenoxy) is 1. The van der Waals surface area contributed by atoms with Crippen LogP contribution in [0.1, 0.15) is 49.7 Å². The smallest absolute Gasteiger partial charge is 0.148 e. The third kappa shape index (κ3) is 5.83. The SMILES string of the molecule is Brc1cc(CNC2CCCCCC2)cc(Br)c1OCc1ccccc1. The molecule has 0 bridgehead atoms. The molecule has 3 rings (SSSR count). The van der Waals surface area contributed by atoms with Crippen LogP contribution in [0.5, 0.6) is 5.75 Å². The normalized spacial score (nSPS) is 15.8. The Morgan fingerprint density at radius 2 is 1.52 bits per heavy atom. The fraction of sp³-hybridized carbons (Fsp3) is 0.429. The second-order valence-corrected chi connectivity index (χ2v) is 8.44. The molecule has 0 saturated heterocycles. The van der Waals surface area contributed by atoms with Gasteiger partial charge in [-0.3, -0.25) is 0 Å². The first-order chi connectivity index (χ1) is 12.2. The summed E-state index contributed by atoms with van der Waals surface area (Å²) in [5.41, 5.74) is 2.44. The molecule has 2 aromatic rings. The van der Waals surface area contributed by atoms with E-state index in [1.54, 1.807) is 0 Å². The standard InChI is InChI=1S/C21H25Br2NO/c22-19-12-17(14-24-18-10-6-1-2-7-11-18)13-20(23)21(19)25-15-16-8-4-3-5-9-16/h3-5,8-9,12-13,18,24H,1-2,6-7,10-11,14-15H2. The number of hydrogen-bond donors (Lipinski definition) is 1. The summed E-state index contributed by atoms with van der Waals surface area (Å²) in [4.78, 5) is 0. The largest absolute Gasteiger partial charge is 0.487 e. The van der Waals surface area contributed by atoms with Crippen molar-refractivity contribution in [3.63, 3.8) is 0 Å². The Labute approximate surface area is 167 Å². The van der Waals surface area contributed by atoms with E-state index in [4.69, 9.17) is 4.74 Å². The van der Waals surface area contributed by atoms with E-state index in [1.165, 1.54) is 49.7 Å². The molecule has 0 radical (unpaired) electrons. The molecule has 2 nitrogen and oxygen atoms in total. The van der Waals surface area contributed by atoms with Crippen LogP contribution in [0.4, 0.5) is 0 Å². The second kappa shape index (κ2) is 9.75. The summed E-state index contributed by atoms with van der Waals surface area (Å²) in [5, 5.41) is 3.73. The molecule has 1 fully saturated rings. The number of hydrogen-bond acceptors (Lipinski definition) is 2. The van der Waals surface area contributed by atoms with Crippen molar-refractivity contribution >= 4 is 31.9 Å². The van der Waals surface area contributed by atoms with Gasteiger partial charge in [0.05, 0.1) is 8.95 Å². The number of benzene rings is 2. The molecule has 0 heterocycles. The van der Waals surface area contributed by atoms with E-state index >= 15 is 0 Å². The minimum atomic E-state index is 0.567. The molecular weight excluding hydrogens is 442 g/mol. The van der Waals surface area contributed by atoms with Gasteiger partial charge in [-0.25, -0.2) is 0 Å². The Bertz CT molecular complexity index is 644. The lowest BCUT2D eigenvalue weighted by Crippen LogP contribution is -2.27. The number of rotatable bonds is 6. The molecule has 25 heavy (non-hydrogen) atoms. The molecule has 2 aromatic carbocycles. The van der Waals surface area contributed by atoms with Gasteiger partial charge in [-0.05, 0) is 68.0 Å². The van der Waals surface area contributed by atoms with Crippen molar-refractivity contribution < 1.29 is 4.74 Å². The maximum absolute atomic E-state index is 6.01. The van der Waals surface area contributed by atoms with Gasteiger partial charge in [0, 0.05) is 12.6 Å². The average molecular weight is 467 g/mol. The summed E-state index contributed by atoms with van der Waals surface area (Å²) >= 11 is 7.33. The first-order valence-electron chi connectivity index (χ1n) is 9.10. The van der Waals surface area contributed by atoms with Crippen LogP contribution < -0.4 is 10.1 Å². The van der Waals surface area contributed by atoms with Crippen molar-refractivity contribution in [3.8, 4) is 5.75 Å². The molecule has 0 atom stereocenters. The Morgan fingerprint density at radius 3 is 2.16 bits per heavy atom. The van der Waals surface area contributed by atoms with Gasteiger partial charge in [0.25, 0.3) is 0 Å². The lowest BCUT2D eigenvalue weighted by atomic mass is 10.1. The molecule has 1 aliphatic carbocycles. The van der Waals surface area contributed by atoms with Crippen LogP contribution in [0, 0.1) is 0 Å². The summed E-state index contributed by atoms with van der Waals surface area (Å²) in [5.74, 6) is 0.863. The molecule has 0 amide bonds. The highest BCUT2D eigenvalue weighted by molar-refractivity contribution is 9.11. The Morgan fingerprint density at radius 1 is 0.880 bits per heavy atom. The van der Waals surface area contributed by atoms with Crippen LogP contribution in [0.15, 0.2) is 51.4 Å². The van der Waals surface area contributed by atoms with Crippen LogP contribution in [-0.4, -0.2) is 6.04 Å². The van der Waals surface area contributed by atoms with Crippen molar-refractivity contribution in [1.82, 2.24) is 5.32 Å². The van der Waals surface area contributed by atoms with Gasteiger partial charge in [-0.1, -0.05) is 56.0 Å². The quantitative estimate of drug-likeness (QED) is 0.484. The monoisotopic (exact) mass is 465 g/mol. The van der Waals surface area contributed by atoms with Crippen molar-refractivity contribution in [2.75, 3.05) is 0 Å². The van der Waals surface area contributed by atoms with E-state index < -0.39 is 0 Å². The van der Waals surface area contributed by atoms with E-state index in [0.717, 1.165) is 21.2 Å². The first-order valence-corrected chi connectivity index (χ1v) is 10.7. The van der Waals surface area contributed by atoms with Gasteiger partial charge < -0.3 is 10.1 Å². The summed E-state index contributed by atoms with van der Waals surface area (Å²) in [6.07, 6.45) is 8.11. The van der Waals surface area contributed by atoms with E-state index in [1.807, 2.05) is 18.2 Å². The highest BCUT2D eigenvalue weighted by Crippen LogP contribution is 2.35. The van der Waals surface area contributed by atoms with Gasteiger partial charge in [0.1, 0.15) is 12.4 Å². The van der Waals surface area contributed by atoms with Crippen molar-refractivity contribution in [1.29, 1.82) is 0 Å². The molecule has 0 aliphatic heterocycles. The zero-order valence-electron chi connectivity index (χ0n) is 14.4. The fourth-order valence-electron chi connectivity index (χ4n) is 3.33. The number of nitrogens with one attached hydrogen (secondary N) is 1. The summed E-state index contributed by atoms with van der Waals surface area (Å²) in [6, 6.07) is 15.2. The lowest BCUT2D eigenvalue weighted by Gasteiger charge is -2.17. The average Bonchev–Trinajstić information content (AvgIpc) is 2.89. The van der Waals surface area contributed by atoms with E-state index in [0.29, 0.717) is 12.6 Å². The molecule has 0 unspecified atom stereocenters. The van der Waals surface area contributed by atoms with E-state index in [2.05, 4.69) is 61.4 Å². The molecule has 1 saturated carbocycles. The van der Waals surface area contributed by atoms with Gasteiger partial charge >= 0.3 is 0 Å². The van der Waals surface area contributed by atoms with Crippen LogP contribution in [0.3, 0.4) is 0 Å². The fourth-order valence-corrected chi connectivity index (χ4v) is 4.84. The third-order valence-electron chi connectivity index (χ3n) is 4.73. The molecule has 1 aliphatic rings. The Balaban J connectivity index is 1.59.